The van der Waals surface area contributed by atoms with Crippen LogP contribution < -0.4 is 25.3 Å². The number of halogens is 1. The summed E-state index contributed by atoms with van der Waals surface area (Å²) in [6.07, 6.45) is 0. The summed E-state index contributed by atoms with van der Waals surface area (Å²) in [6, 6.07) is 1.73. The zero-order chi connectivity index (χ0) is 14.0. The number of methoxy groups -OCH3 is 3. The molecule has 0 radical (unpaired) electrons. The highest BCUT2D eigenvalue weighted by atomic mass is 35.5. The van der Waals surface area contributed by atoms with E-state index in [4.69, 9.17) is 19.9 Å². The van der Waals surface area contributed by atoms with Gasteiger partial charge in [0.2, 0.25) is 11.7 Å². The van der Waals surface area contributed by atoms with Crippen LogP contribution >= 0.6 is 12.4 Å². The fraction of sp³-hybridized carbons (Fsp3) is 0.333. The molecule has 0 bridgehead atoms. The van der Waals surface area contributed by atoms with E-state index >= 15 is 0 Å². The maximum absolute atomic E-state index is 5.93. The summed E-state index contributed by atoms with van der Waals surface area (Å²) >= 11 is 0. The molecule has 0 spiro atoms. The number of nitrogens with one attached hydrogen (secondary N) is 1. The maximum Gasteiger partial charge on any atom is 0.225 e. The number of nitrogens with two attached hydrogens (primary N) is 1. The third-order valence-corrected chi connectivity index (χ3v) is 2.75. The molecule has 1 heterocycles. The van der Waals surface area contributed by atoms with Gasteiger partial charge >= 0.3 is 0 Å². The topological polar surface area (TPSA) is 91.5 Å². The first-order valence-electron chi connectivity index (χ1n) is 5.60. The van der Waals surface area contributed by atoms with Crippen LogP contribution in [0.15, 0.2) is 6.07 Å². The highest BCUT2D eigenvalue weighted by molar-refractivity contribution is 5.96. The lowest BCUT2D eigenvalue weighted by Crippen LogP contribution is -2.04. The smallest absolute Gasteiger partial charge is 0.225 e. The molecule has 2 rings (SSSR count). The van der Waals surface area contributed by atoms with E-state index in [0.717, 1.165) is 0 Å². The normalized spacial score (nSPS) is 9.80. The molecule has 2 aromatic rings. The molecule has 8 heteroatoms. The largest absolute Gasteiger partial charge is 0.493 e. The van der Waals surface area contributed by atoms with Gasteiger partial charge in [0.05, 0.1) is 26.7 Å². The van der Waals surface area contributed by atoms with Crippen LogP contribution in [-0.2, 0) is 0 Å². The van der Waals surface area contributed by atoms with Gasteiger partial charge in [0.15, 0.2) is 11.5 Å². The Kier molecular flexibility index (Phi) is 5.04. The van der Waals surface area contributed by atoms with Gasteiger partial charge in [0, 0.05) is 7.05 Å². The Morgan fingerprint density at radius 3 is 2.20 bits per heavy atom. The Labute approximate surface area is 122 Å². The van der Waals surface area contributed by atoms with Crippen molar-refractivity contribution in [3.05, 3.63) is 6.07 Å². The third-order valence-electron chi connectivity index (χ3n) is 2.75. The Bertz CT molecular complexity index is 621. The molecule has 3 N–H and O–H groups in total. The summed E-state index contributed by atoms with van der Waals surface area (Å²) in [5, 5.41) is 3.49. The Hall–Kier alpha value is -2.15. The molecule has 1 aromatic heterocycles. The molecular formula is C12H17ClN4O3. The number of hydrogen-bond donors (Lipinski definition) is 2. The molecule has 0 saturated heterocycles. The quantitative estimate of drug-likeness (QED) is 0.888. The minimum absolute atomic E-state index is 0. The van der Waals surface area contributed by atoms with Crippen LogP contribution in [0.4, 0.5) is 11.8 Å². The van der Waals surface area contributed by atoms with E-state index in [-0.39, 0.29) is 12.4 Å². The molecule has 0 atom stereocenters. The average Bonchev–Trinajstić information content (AvgIpc) is 2.44. The van der Waals surface area contributed by atoms with Crippen molar-refractivity contribution in [2.24, 2.45) is 0 Å². The number of hydrogen-bond acceptors (Lipinski definition) is 7. The summed E-state index contributed by atoms with van der Waals surface area (Å²) in [4.78, 5) is 8.48. The summed E-state index contributed by atoms with van der Waals surface area (Å²) < 4.78 is 15.9. The van der Waals surface area contributed by atoms with Crippen molar-refractivity contribution in [1.29, 1.82) is 0 Å². The van der Waals surface area contributed by atoms with Gasteiger partial charge in [-0.1, -0.05) is 0 Å². The van der Waals surface area contributed by atoms with Crippen LogP contribution in [-0.4, -0.2) is 38.3 Å². The van der Waals surface area contributed by atoms with Gasteiger partial charge in [-0.05, 0) is 6.07 Å². The summed E-state index contributed by atoms with van der Waals surface area (Å²) in [5.41, 5.74) is 6.49. The number of benzene rings is 1. The zero-order valence-electron chi connectivity index (χ0n) is 11.7. The van der Waals surface area contributed by atoms with Gasteiger partial charge in [-0.15, -0.1) is 12.4 Å². The van der Waals surface area contributed by atoms with E-state index in [1.807, 2.05) is 0 Å². The van der Waals surface area contributed by atoms with Crippen molar-refractivity contribution in [3.8, 4) is 17.2 Å². The van der Waals surface area contributed by atoms with Gasteiger partial charge in [-0.2, -0.15) is 4.98 Å². The van der Waals surface area contributed by atoms with Crippen LogP contribution in [0.2, 0.25) is 0 Å². The van der Waals surface area contributed by atoms with Gasteiger partial charge in [0.1, 0.15) is 11.3 Å². The lowest BCUT2D eigenvalue weighted by atomic mass is 10.2. The minimum Gasteiger partial charge on any atom is -0.493 e. The second kappa shape index (κ2) is 6.33. The van der Waals surface area contributed by atoms with Gasteiger partial charge in [-0.3, -0.25) is 0 Å². The molecular weight excluding hydrogens is 284 g/mol. The van der Waals surface area contributed by atoms with Gasteiger partial charge < -0.3 is 25.3 Å². The number of rotatable bonds is 4. The maximum atomic E-state index is 5.93. The molecule has 0 unspecified atom stereocenters. The van der Waals surface area contributed by atoms with Crippen molar-refractivity contribution in [1.82, 2.24) is 9.97 Å². The summed E-state index contributed by atoms with van der Waals surface area (Å²) in [6.45, 7) is 0. The first-order chi connectivity index (χ1) is 9.15. The van der Waals surface area contributed by atoms with Crippen LogP contribution in [0.1, 0.15) is 0 Å². The fourth-order valence-electron chi connectivity index (χ4n) is 1.86. The fourth-order valence-corrected chi connectivity index (χ4v) is 1.86. The van der Waals surface area contributed by atoms with E-state index in [1.54, 1.807) is 20.2 Å². The van der Waals surface area contributed by atoms with E-state index < -0.39 is 0 Å². The molecule has 110 valence electrons. The highest BCUT2D eigenvalue weighted by Gasteiger charge is 2.19. The SMILES string of the molecule is CNc1nc(N)c2cc(OC)c(OC)c(OC)c2n1.Cl. The first kappa shape index (κ1) is 15.9. The highest BCUT2D eigenvalue weighted by Crippen LogP contribution is 2.43. The third kappa shape index (κ3) is 2.44. The molecule has 0 saturated carbocycles. The van der Waals surface area contributed by atoms with Crippen molar-refractivity contribution in [2.75, 3.05) is 39.4 Å². The molecule has 0 fully saturated rings. The van der Waals surface area contributed by atoms with E-state index in [2.05, 4.69) is 15.3 Å². The monoisotopic (exact) mass is 300 g/mol. The van der Waals surface area contributed by atoms with Crippen LogP contribution in [0.3, 0.4) is 0 Å². The predicted octanol–water partition coefficient (Wildman–Crippen LogP) is 1.70. The number of anilines is 2. The molecule has 1 aromatic carbocycles. The van der Waals surface area contributed by atoms with E-state index in [0.29, 0.717) is 39.9 Å². The predicted molar refractivity (Wildman–Crippen MR) is 80.4 cm³/mol. The number of ether oxygens (including phenoxy) is 3. The standard InChI is InChI=1S/C12H16N4O3.ClH/c1-14-12-15-8-6(11(13)16-12)5-7(17-2)9(18-3)10(8)19-4;/h5H,1-4H3,(H3,13,14,15,16);1H. The minimum atomic E-state index is 0. The summed E-state index contributed by atoms with van der Waals surface area (Å²) in [5.74, 6) is 2.20. The van der Waals surface area contributed by atoms with Crippen LogP contribution in [0.25, 0.3) is 10.9 Å². The van der Waals surface area contributed by atoms with Crippen molar-refractivity contribution < 1.29 is 14.2 Å². The number of nitrogen functional groups attached to an aromatic ring is 1. The van der Waals surface area contributed by atoms with Gasteiger partial charge in [0.25, 0.3) is 0 Å². The van der Waals surface area contributed by atoms with Gasteiger partial charge in [-0.25, -0.2) is 4.98 Å². The Balaban J connectivity index is 0.00000200. The summed E-state index contributed by atoms with van der Waals surface area (Å²) in [7, 11) is 6.33. The second-order valence-electron chi connectivity index (χ2n) is 3.72. The molecule has 0 aliphatic carbocycles. The molecule has 0 aliphatic rings. The lowest BCUT2D eigenvalue weighted by molar-refractivity contribution is 0.327. The molecule has 7 nitrogen and oxygen atoms in total. The zero-order valence-corrected chi connectivity index (χ0v) is 12.5. The number of fused-ring (bicyclic) bond motifs is 1. The molecule has 0 aliphatic heterocycles. The second-order valence-corrected chi connectivity index (χ2v) is 3.72. The van der Waals surface area contributed by atoms with Crippen LogP contribution in [0, 0.1) is 0 Å². The number of aromatic nitrogens is 2. The molecule has 0 amide bonds. The Morgan fingerprint density at radius 1 is 1.05 bits per heavy atom. The van der Waals surface area contributed by atoms with Crippen molar-refractivity contribution in [3.63, 3.8) is 0 Å². The van der Waals surface area contributed by atoms with E-state index in [1.165, 1.54) is 14.2 Å². The van der Waals surface area contributed by atoms with Crippen molar-refractivity contribution >= 4 is 35.1 Å². The van der Waals surface area contributed by atoms with Crippen LogP contribution in [0.5, 0.6) is 17.2 Å². The average molecular weight is 301 g/mol. The Morgan fingerprint density at radius 2 is 1.70 bits per heavy atom. The molecule has 20 heavy (non-hydrogen) atoms. The lowest BCUT2D eigenvalue weighted by Gasteiger charge is -2.15. The number of nitrogens with zero attached hydrogens (tertiary/aromatic N) is 2. The first-order valence-corrected chi connectivity index (χ1v) is 5.60. The van der Waals surface area contributed by atoms with Crippen molar-refractivity contribution in [2.45, 2.75) is 0 Å². The van der Waals surface area contributed by atoms with E-state index in [9.17, 15) is 0 Å².